The van der Waals surface area contributed by atoms with Crippen LogP contribution in [0.3, 0.4) is 0 Å². The number of carbonyl (C=O) groups excluding carboxylic acids is 1. The van der Waals surface area contributed by atoms with Gasteiger partial charge in [0.25, 0.3) is 0 Å². The molecule has 0 radical (unpaired) electrons. The number of esters is 1. The van der Waals surface area contributed by atoms with Gasteiger partial charge < -0.3 is 4.74 Å². The number of unbranched alkanes of at least 4 members (excludes halogenated alkanes) is 13. The maximum absolute atomic E-state index is 11.9. The molecule has 0 aromatic heterocycles. The van der Waals surface area contributed by atoms with Crippen LogP contribution >= 0.6 is 0 Å². The van der Waals surface area contributed by atoms with Crippen molar-refractivity contribution in [2.24, 2.45) is 0 Å². The van der Waals surface area contributed by atoms with Crippen LogP contribution in [0.25, 0.3) is 0 Å². The van der Waals surface area contributed by atoms with Gasteiger partial charge in [0.2, 0.25) is 0 Å². The topological polar surface area (TPSA) is 26.3 Å². The zero-order valence-corrected chi connectivity index (χ0v) is 26.5. The van der Waals surface area contributed by atoms with Crippen LogP contribution in [0.1, 0.15) is 155 Å². The second-order valence-electron chi connectivity index (χ2n) is 10.8. The Morgan fingerprint density at radius 1 is 0.425 bits per heavy atom. The molecule has 0 fully saturated rings. The van der Waals surface area contributed by atoms with Crippen LogP contribution in [0, 0.1) is 0 Å². The first-order chi connectivity index (χ1) is 19.8. The van der Waals surface area contributed by atoms with E-state index >= 15 is 0 Å². The summed E-state index contributed by atoms with van der Waals surface area (Å²) in [5, 5.41) is 0. The van der Waals surface area contributed by atoms with E-state index in [0.29, 0.717) is 13.0 Å². The lowest BCUT2D eigenvalue weighted by Gasteiger charge is -2.04. The second kappa shape index (κ2) is 34.9. The van der Waals surface area contributed by atoms with E-state index in [1.807, 2.05) is 0 Å². The van der Waals surface area contributed by atoms with E-state index in [-0.39, 0.29) is 5.97 Å². The van der Waals surface area contributed by atoms with Crippen LogP contribution in [0.4, 0.5) is 0 Å². The predicted molar refractivity (Wildman–Crippen MR) is 179 cm³/mol. The first kappa shape index (κ1) is 37.9. The summed E-state index contributed by atoms with van der Waals surface area (Å²) >= 11 is 0. The van der Waals surface area contributed by atoms with E-state index in [0.717, 1.165) is 51.4 Å². The third-order valence-corrected chi connectivity index (χ3v) is 6.82. The average molecular weight is 553 g/mol. The molecule has 0 amide bonds. The second-order valence-corrected chi connectivity index (χ2v) is 10.8. The highest BCUT2D eigenvalue weighted by Crippen LogP contribution is 2.09. The van der Waals surface area contributed by atoms with Crippen molar-refractivity contribution in [3.05, 3.63) is 72.9 Å². The maximum Gasteiger partial charge on any atom is 0.305 e. The molecular weight excluding hydrogens is 488 g/mol. The fourth-order valence-corrected chi connectivity index (χ4v) is 4.27. The summed E-state index contributed by atoms with van der Waals surface area (Å²) in [5.74, 6) is -0.0431. The van der Waals surface area contributed by atoms with Gasteiger partial charge in [-0.3, -0.25) is 4.79 Å². The lowest BCUT2D eigenvalue weighted by molar-refractivity contribution is -0.143. The van der Waals surface area contributed by atoms with E-state index < -0.39 is 0 Å². The van der Waals surface area contributed by atoms with Gasteiger partial charge in [-0.15, -0.1) is 0 Å². The Morgan fingerprint density at radius 3 is 1.23 bits per heavy atom. The smallest absolute Gasteiger partial charge is 0.305 e. The van der Waals surface area contributed by atoms with Crippen molar-refractivity contribution in [3.63, 3.8) is 0 Å². The predicted octanol–water partition coefficient (Wildman–Crippen LogP) is 12.5. The summed E-state index contributed by atoms with van der Waals surface area (Å²) in [5.41, 5.74) is 0. The molecular formula is C38H64O2. The van der Waals surface area contributed by atoms with Crippen LogP contribution in [-0.2, 0) is 9.53 Å². The monoisotopic (exact) mass is 552 g/mol. The highest BCUT2D eigenvalue weighted by Gasteiger charge is 2.01. The number of carbonyl (C=O) groups is 1. The molecule has 0 aliphatic carbocycles. The van der Waals surface area contributed by atoms with Gasteiger partial charge in [-0.1, -0.05) is 138 Å². The van der Waals surface area contributed by atoms with Crippen molar-refractivity contribution in [3.8, 4) is 0 Å². The molecule has 2 nitrogen and oxygen atoms in total. The molecule has 0 heterocycles. The van der Waals surface area contributed by atoms with Gasteiger partial charge in [0.15, 0.2) is 0 Å². The Balaban J connectivity index is 3.41. The molecule has 0 atom stereocenters. The largest absolute Gasteiger partial charge is 0.466 e. The summed E-state index contributed by atoms with van der Waals surface area (Å²) < 4.78 is 5.39. The van der Waals surface area contributed by atoms with Crippen molar-refractivity contribution in [1.29, 1.82) is 0 Å². The van der Waals surface area contributed by atoms with Gasteiger partial charge in [0.1, 0.15) is 0 Å². The zero-order chi connectivity index (χ0) is 29.0. The Kier molecular flexibility index (Phi) is 33.1. The first-order valence-corrected chi connectivity index (χ1v) is 16.9. The summed E-state index contributed by atoms with van der Waals surface area (Å²) in [7, 11) is 0. The van der Waals surface area contributed by atoms with E-state index in [9.17, 15) is 4.79 Å². The molecule has 0 N–H and O–H groups in total. The van der Waals surface area contributed by atoms with Gasteiger partial charge in [0.05, 0.1) is 6.61 Å². The molecule has 0 aliphatic rings. The number of allylic oxidation sites excluding steroid dienone is 12. The molecule has 0 spiro atoms. The number of rotatable bonds is 29. The standard InChI is InChI=1S/C38H64O2/c1-3-5-7-9-11-13-15-17-19-21-22-24-26-28-30-32-34-36-38(39)40-37-35-33-31-29-27-25-23-20-18-16-14-12-10-8-6-4-2/h11-14,17-20,22,24,28,30H,3-10,15-16,21,23,25-27,29,31-37H2,1-2H3/b13-11-,14-12+,19-17-,20-18+,24-22-,30-28-. The molecule has 0 aromatic carbocycles. The molecule has 0 unspecified atom stereocenters. The fourth-order valence-electron chi connectivity index (χ4n) is 4.27. The van der Waals surface area contributed by atoms with Crippen molar-refractivity contribution >= 4 is 5.97 Å². The maximum atomic E-state index is 11.9. The van der Waals surface area contributed by atoms with Crippen LogP contribution in [0.2, 0.25) is 0 Å². The first-order valence-electron chi connectivity index (χ1n) is 16.9. The lowest BCUT2D eigenvalue weighted by Crippen LogP contribution is -2.05. The fraction of sp³-hybridized carbons (Fsp3) is 0.658. The quantitative estimate of drug-likeness (QED) is 0.0524. The molecule has 0 aliphatic heterocycles. The summed E-state index contributed by atoms with van der Waals surface area (Å²) in [6, 6.07) is 0. The van der Waals surface area contributed by atoms with Gasteiger partial charge >= 0.3 is 5.97 Å². The molecule has 0 aromatic rings. The van der Waals surface area contributed by atoms with E-state index in [4.69, 9.17) is 4.74 Å². The third-order valence-electron chi connectivity index (χ3n) is 6.82. The molecule has 40 heavy (non-hydrogen) atoms. The van der Waals surface area contributed by atoms with Crippen LogP contribution in [0.15, 0.2) is 72.9 Å². The molecule has 0 saturated carbocycles. The van der Waals surface area contributed by atoms with Gasteiger partial charge in [-0.25, -0.2) is 0 Å². The number of ether oxygens (including phenoxy) is 1. The third kappa shape index (κ3) is 33.9. The molecule has 0 bridgehead atoms. The van der Waals surface area contributed by atoms with Crippen molar-refractivity contribution < 1.29 is 9.53 Å². The van der Waals surface area contributed by atoms with E-state index in [2.05, 4.69) is 86.8 Å². The average Bonchev–Trinajstić information content (AvgIpc) is 2.96. The van der Waals surface area contributed by atoms with Crippen molar-refractivity contribution in [1.82, 2.24) is 0 Å². The molecule has 0 saturated heterocycles. The van der Waals surface area contributed by atoms with Crippen molar-refractivity contribution in [2.75, 3.05) is 6.61 Å². The van der Waals surface area contributed by atoms with Crippen molar-refractivity contribution in [2.45, 2.75) is 155 Å². The van der Waals surface area contributed by atoms with Gasteiger partial charge in [0, 0.05) is 6.42 Å². The number of hydrogen-bond donors (Lipinski definition) is 0. The Morgan fingerprint density at radius 2 is 0.775 bits per heavy atom. The highest BCUT2D eigenvalue weighted by molar-refractivity contribution is 5.69. The minimum Gasteiger partial charge on any atom is -0.466 e. The minimum atomic E-state index is -0.0431. The molecule has 228 valence electrons. The highest BCUT2D eigenvalue weighted by atomic mass is 16.5. The normalized spacial score (nSPS) is 12.6. The van der Waals surface area contributed by atoms with Crippen LogP contribution < -0.4 is 0 Å². The zero-order valence-electron chi connectivity index (χ0n) is 26.5. The lowest BCUT2D eigenvalue weighted by atomic mass is 10.1. The summed E-state index contributed by atoms with van der Waals surface area (Å²) in [6.45, 7) is 5.08. The minimum absolute atomic E-state index is 0.0431. The Bertz CT molecular complexity index is 692. The molecule has 0 rings (SSSR count). The Labute approximate surface area is 249 Å². The van der Waals surface area contributed by atoms with Crippen LogP contribution in [0.5, 0.6) is 0 Å². The van der Waals surface area contributed by atoms with E-state index in [1.54, 1.807) is 0 Å². The van der Waals surface area contributed by atoms with Crippen LogP contribution in [-0.4, -0.2) is 12.6 Å². The van der Waals surface area contributed by atoms with Gasteiger partial charge in [-0.05, 0) is 83.5 Å². The van der Waals surface area contributed by atoms with Gasteiger partial charge in [-0.2, -0.15) is 0 Å². The Hall–Kier alpha value is -2.09. The summed E-state index contributed by atoms with van der Waals surface area (Å²) in [4.78, 5) is 11.9. The van der Waals surface area contributed by atoms with E-state index in [1.165, 1.54) is 83.5 Å². The summed E-state index contributed by atoms with van der Waals surface area (Å²) in [6.07, 6.45) is 52.4. The molecule has 2 heteroatoms. The SMILES string of the molecule is CCCCC/C=C\C/C=C\C/C=C\C/C=C\CCCC(=O)OCCCCCCCC/C=C/C/C=C/CCCCC. The number of hydrogen-bond acceptors (Lipinski definition) is 2.